The fraction of sp³-hybridized carbons (Fsp3) is 0.429. The van der Waals surface area contributed by atoms with Gasteiger partial charge in [0.1, 0.15) is 6.54 Å². The Morgan fingerprint density at radius 1 is 1.15 bits per heavy atom. The van der Waals surface area contributed by atoms with Crippen molar-refractivity contribution in [2.24, 2.45) is 0 Å². The Bertz CT molecular complexity index is 977. The molecule has 0 radical (unpaired) electrons. The van der Waals surface area contributed by atoms with Crippen LogP contribution in [0.5, 0.6) is 0 Å². The highest BCUT2D eigenvalue weighted by molar-refractivity contribution is 7.88. The molecule has 1 aliphatic heterocycles. The van der Waals surface area contributed by atoms with Crippen molar-refractivity contribution in [3.8, 4) is 5.69 Å². The molecule has 2 heterocycles. The average Bonchev–Trinajstić information content (AvgIpc) is 2.95. The van der Waals surface area contributed by atoms with Crippen LogP contribution in [0.2, 0.25) is 5.02 Å². The molecular formula is C14H17ClN6O4S. The highest BCUT2D eigenvalue weighted by Crippen LogP contribution is 2.16. The predicted molar refractivity (Wildman–Crippen MR) is 93.6 cm³/mol. The smallest absolute Gasteiger partial charge is 0.338 e. The van der Waals surface area contributed by atoms with Crippen LogP contribution in [0.3, 0.4) is 0 Å². The number of carbonyl (C=O) groups is 1. The third kappa shape index (κ3) is 3.79. The van der Waals surface area contributed by atoms with Crippen molar-refractivity contribution in [1.82, 2.24) is 29.0 Å². The third-order valence-corrected chi connectivity index (χ3v) is 5.69. The first kappa shape index (κ1) is 18.5. The van der Waals surface area contributed by atoms with E-state index in [4.69, 9.17) is 11.6 Å². The minimum atomic E-state index is -3.27. The minimum absolute atomic E-state index is 0.228. The molecule has 1 amide bonds. The number of tetrazole rings is 1. The number of piperazine rings is 1. The Balaban J connectivity index is 1.70. The van der Waals surface area contributed by atoms with Crippen LogP contribution in [0.15, 0.2) is 29.1 Å². The molecule has 0 unspecified atom stereocenters. The maximum atomic E-state index is 12.4. The number of para-hydroxylation sites is 1. The van der Waals surface area contributed by atoms with Crippen LogP contribution in [0, 0.1) is 0 Å². The van der Waals surface area contributed by atoms with E-state index >= 15 is 0 Å². The summed E-state index contributed by atoms with van der Waals surface area (Å²) in [5.41, 5.74) is -0.208. The molecule has 1 fully saturated rings. The number of sulfonamides is 1. The van der Waals surface area contributed by atoms with Gasteiger partial charge in [0, 0.05) is 26.2 Å². The molecule has 0 bridgehead atoms. The fourth-order valence-electron chi connectivity index (χ4n) is 2.65. The van der Waals surface area contributed by atoms with Gasteiger partial charge in [-0.3, -0.25) is 4.79 Å². The maximum Gasteiger partial charge on any atom is 0.369 e. The van der Waals surface area contributed by atoms with Gasteiger partial charge >= 0.3 is 5.69 Å². The normalized spacial score (nSPS) is 16.0. The van der Waals surface area contributed by atoms with E-state index in [0.717, 1.165) is 15.6 Å². The van der Waals surface area contributed by atoms with Crippen LogP contribution >= 0.6 is 11.6 Å². The van der Waals surface area contributed by atoms with Crippen LogP contribution in [0.4, 0.5) is 0 Å². The second-order valence-electron chi connectivity index (χ2n) is 5.83. The van der Waals surface area contributed by atoms with Crippen molar-refractivity contribution < 1.29 is 13.2 Å². The molecule has 12 heteroatoms. The summed E-state index contributed by atoms with van der Waals surface area (Å²) >= 11 is 6.05. The molecule has 1 aromatic heterocycles. The summed E-state index contributed by atoms with van der Waals surface area (Å²) in [7, 11) is -3.27. The van der Waals surface area contributed by atoms with Gasteiger partial charge in [0.05, 0.1) is 17.0 Å². The van der Waals surface area contributed by atoms with Gasteiger partial charge in [-0.25, -0.2) is 13.2 Å². The first-order valence-electron chi connectivity index (χ1n) is 7.78. The van der Waals surface area contributed by atoms with Gasteiger partial charge in [0.2, 0.25) is 15.9 Å². The summed E-state index contributed by atoms with van der Waals surface area (Å²) in [6.07, 6.45) is 1.14. The van der Waals surface area contributed by atoms with E-state index in [9.17, 15) is 18.0 Å². The van der Waals surface area contributed by atoms with Crippen LogP contribution in [0.25, 0.3) is 5.69 Å². The summed E-state index contributed by atoms with van der Waals surface area (Å²) < 4.78 is 26.3. The number of halogens is 1. The van der Waals surface area contributed by atoms with Gasteiger partial charge in [0.15, 0.2) is 0 Å². The standard InChI is InChI=1S/C14H17ClN6O4S/c1-26(24,25)19-8-6-18(7-9-19)13(22)10-20-14(23)21(17-16-20)12-5-3-2-4-11(12)15/h2-5H,6-10H2,1H3. The van der Waals surface area contributed by atoms with Crippen molar-refractivity contribution in [3.05, 3.63) is 39.8 Å². The fourth-order valence-corrected chi connectivity index (χ4v) is 3.69. The van der Waals surface area contributed by atoms with Crippen LogP contribution in [-0.2, 0) is 21.4 Å². The molecule has 0 atom stereocenters. The Labute approximate surface area is 154 Å². The molecule has 140 valence electrons. The van der Waals surface area contributed by atoms with E-state index in [-0.39, 0.29) is 38.6 Å². The number of rotatable bonds is 4. The largest absolute Gasteiger partial charge is 0.369 e. The molecule has 10 nitrogen and oxygen atoms in total. The summed E-state index contributed by atoms with van der Waals surface area (Å²) in [4.78, 5) is 26.3. The number of hydrogen-bond acceptors (Lipinski definition) is 6. The molecule has 0 aliphatic carbocycles. The van der Waals surface area contributed by atoms with Crippen LogP contribution in [-0.4, -0.2) is 75.8 Å². The monoisotopic (exact) mass is 400 g/mol. The molecule has 3 rings (SSSR count). The van der Waals surface area contributed by atoms with Crippen molar-refractivity contribution in [3.63, 3.8) is 0 Å². The predicted octanol–water partition coefficient (Wildman–Crippen LogP) is -0.814. The van der Waals surface area contributed by atoms with Gasteiger partial charge in [-0.2, -0.15) is 13.7 Å². The van der Waals surface area contributed by atoms with Gasteiger partial charge in [0.25, 0.3) is 0 Å². The number of aromatic nitrogens is 4. The van der Waals surface area contributed by atoms with Gasteiger partial charge < -0.3 is 4.90 Å². The molecule has 0 spiro atoms. The number of benzene rings is 1. The first-order valence-corrected chi connectivity index (χ1v) is 10.0. The van der Waals surface area contributed by atoms with Crippen molar-refractivity contribution in [1.29, 1.82) is 0 Å². The summed E-state index contributed by atoms with van der Waals surface area (Å²) in [6, 6.07) is 6.67. The molecule has 1 saturated heterocycles. The lowest BCUT2D eigenvalue weighted by atomic mass is 10.3. The molecule has 1 aliphatic rings. The van der Waals surface area contributed by atoms with E-state index < -0.39 is 15.7 Å². The summed E-state index contributed by atoms with van der Waals surface area (Å²) in [6.45, 7) is 0.707. The van der Waals surface area contributed by atoms with Crippen molar-refractivity contribution in [2.45, 2.75) is 6.54 Å². The highest BCUT2D eigenvalue weighted by atomic mass is 35.5. The van der Waals surface area contributed by atoms with Gasteiger partial charge in [-0.15, -0.1) is 0 Å². The van der Waals surface area contributed by atoms with E-state index in [0.29, 0.717) is 10.7 Å². The van der Waals surface area contributed by atoms with E-state index in [1.807, 2.05) is 0 Å². The second-order valence-corrected chi connectivity index (χ2v) is 8.21. The highest BCUT2D eigenvalue weighted by Gasteiger charge is 2.26. The van der Waals surface area contributed by atoms with Crippen LogP contribution < -0.4 is 5.69 Å². The van der Waals surface area contributed by atoms with E-state index in [1.54, 1.807) is 24.3 Å². The Kier molecular flexibility index (Phi) is 5.12. The Hall–Kier alpha value is -2.24. The third-order valence-electron chi connectivity index (χ3n) is 4.07. The van der Waals surface area contributed by atoms with Gasteiger partial charge in [-0.1, -0.05) is 23.7 Å². The number of carbonyl (C=O) groups excluding carboxylic acids is 1. The SMILES string of the molecule is CS(=O)(=O)N1CCN(C(=O)Cn2nnn(-c3ccccc3Cl)c2=O)CC1. The topological polar surface area (TPSA) is 110 Å². The second kappa shape index (κ2) is 7.17. The van der Waals surface area contributed by atoms with Crippen LogP contribution in [0.1, 0.15) is 0 Å². The maximum absolute atomic E-state index is 12.4. The molecule has 1 aromatic carbocycles. The number of hydrogen-bond donors (Lipinski definition) is 0. The summed E-state index contributed by atoms with van der Waals surface area (Å²) in [5, 5.41) is 7.83. The molecular weight excluding hydrogens is 384 g/mol. The van der Waals surface area contributed by atoms with E-state index in [2.05, 4.69) is 10.4 Å². The van der Waals surface area contributed by atoms with Gasteiger partial charge in [-0.05, 0) is 22.6 Å². The minimum Gasteiger partial charge on any atom is -0.338 e. The van der Waals surface area contributed by atoms with Crippen molar-refractivity contribution >= 4 is 27.5 Å². The average molecular weight is 401 g/mol. The lowest BCUT2D eigenvalue weighted by Crippen LogP contribution is -2.51. The van der Waals surface area contributed by atoms with Crippen molar-refractivity contribution in [2.75, 3.05) is 32.4 Å². The summed E-state index contributed by atoms with van der Waals surface area (Å²) in [5.74, 6) is -0.327. The number of amides is 1. The quantitative estimate of drug-likeness (QED) is 0.663. The number of nitrogens with zero attached hydrogens (tertiary/aromatic N) is 6. The molecule has 0 N–H and O–H groups in total. The zero-order chi connectivity index (χ0) is 18.9. The lowest BCUT2D eigenvalue weighted by molar-refractivity contribution is -0.133. The molecule has 26 heavy (non-hydrogen) atoms. The zero-order valence-corrected chi connectivity index (χ0v) is 15.5. The van der Waals surface area contributed by atoms with E-state index in [1.165, 1.54) is 9.21 Å². The zero-order valence-electron chi connectivity index (χ0n) is 13.9. The molecule has 0 saturated carbocycles. The molecule has 2 aromatic rings. The Morgan fingerprint density at radius 3 is 2.42 bits per heavy atom. The lowest BCUT2D eigenvalue weighted by Gasteiger charge is -2.33. The first-order chi connectivity index (χ1) is 12.3. The Morgan fingerprint density at radius 2 is 1.81 bits per heavy atom.